The molecule has 0 heterocycles. The fourth-order valence-corrected chi connectivity index (χ4v) is 6.63. The number of allylic oxidation sites excluding steroid dienone is 4. The Bertz CT molecular complexity index is 743. The topological polar surface area (TPSA) is 60.7 Å². The largest absolute Gasteiger partial charge is 0.393 e. The Labute approximate surface area is 182 Å². The van der Waals surface area contributed by atoms with E-state index in [0.29, 0.717) is 41.9 Å². The number of aliphatic hydroxyl groups excluding tert-OH is 3. The summed E-state index contributed by atoms with van der Waals surface area (Å²) >= 11 is 0. The highest BCUT2D eigenvalue weighted by atomic mass is 16.3. The van der Waals surface area contributed by atoms with Crippen LogP contribution in [0.25, 0.3) is 0 Å². The second kappa shape index (κ2) is 8.76. The van der Waals surface area contributed by atoms with Crippen LogP contribution in [0, 0.1) is 29.1 Å². The van der Waals surface area contributed by atoms with Crippen molar-refractivity contribution in [3.05, 3.63) is 47.6 Å². The molecule has 4 fully saturated rings. The molecular formula is C27H40O3. The van der Waals surface area contributed by atoms with Gasteiger partial charge in [0.15, 0.2) is 0 Å². The lowest BCUT2D eigenvalue weighted by molar-refractivity contribution is 0.0862. The average molecular weight is 413 g/mol. The van der Waals surface area contributed by atoms with Gasteiger partial charge in [-0.3, -0.25) is 0 Å². The van der Waals surface area contributed by atoms with Crippen molar-refractivity contribution in [3.63, 3.8) is 0 Å². The SMILES string of the molecule is C=C1C(=C/C=C2\CCC[C@]3(C)[C@@H]([C@H](C)/C=C/[C@@H](O)C4CC4)CC[C@@H]23)C[C@H](O)C[C@H]1O. The summed E-state index contributed by atoms with van der Waals surface area (Å²) in [6.45, 7) is 8.88. The van der Waals surface area contributed by atoms with Gasteiger partial charge in [0.25, 0.3) is 0 Å². The van der Waals surface area contributed by atoms with E-state index in [0.717, 1.165) is 17.6 Å². The van der Waals surface area contributed by atoms with Crippen molar-refractivity contribution in [1.29, 1.82) is 0 Å². The molecule has 3 N–H and O–H groups in total. The summed E-state index contributed by atoms with van der Waals surface area (Å²) in [5.41, 5.74) is 3.63. The van der Waals surface area contributed by atoms with Gasteiger partial charge in [-0.05, 0) is 91.6 Å². The molecule has 166 valence electrons. The maximum absolute atomic E-state index is 10.2. The van der Waals surface area contributed by atoms with Crippen molar-refractivity contribution in [3.8, 4) is 0 Å². The molecule has 0 spiro atoms. The molecule has 4 rings (SSSR count). The van der Waals surface area contributed by atoms with Crippen LogP contribution in [0.5, 0.6) is 0 Å². The van der Waals surface area contributed by atoms with E-state index < -0.39 is 12.2 Å². The lowest BCUT2D eigenvalue weighted by atomic mass is 9.61. The molecule has 4 aliphatic carbocycles. The Hall–Kier alpha value is -1.16. The highest BCUT2D eigenvalue weighted by Crippen LogP contribution is 2.59. The van der Waals surface area contributed by atoms with Crippen molar-refractivity contribution in [2.24, 2.45) is 29.1 Å². The fraction of sp³-hybridized carbons (Fsp3) is 0.704. The normalized spacial score (nSPS) is 42.1. The Balaban J connectivity index is 1.48. The second-order valence-electron chi connectivity index (χ2n) is 10.7. The monoisotopic (exact) mass is 412 g/mol. The summed E-state index contributed by atoms with van der Waals surface area (Å²) in [4.78, 5) is 0. The van der Waals surface area contributed by atoms with Crippen LogP contribution in [-0.2, 0) is 0 Å². The molecule has 3 heteroatoms. The first kappa shape index (κ1) is 22.0. The first-order valence-electron chi connectivity index (χ1n) is 12.1. The molecule has 0 aromatic carbocycles. The molecule has 30 heavy (non-hydrogen) atoms. The van der Waals surface area contributed by atoms with Gasteiger partial charge in [0.2, 0.25) is 0 Å². The average Bonchev–Trinajstić information content (AvgIpc) is 3.49. The molecule has 0 aromatic rings. The molecule has 0 amide bonds. The highest BCUT2D eigenvalue weighted by molar-refractivity contribution is 5.38. The zero-order chi connectivity index (χ0) is 21.5. The van der Waals surface area contributed by atoms with Gasteiger partial charge in [-0.25, -0.2) is 0 Å². The van der Waals surface area contributed by atoms with E-state index in [2.05, 4.69) is 44.7 Å². The van der Waals surface area contributed by atoms with Crippen LogP contribution in [-0.4, -0.2) is 33.6 Å². The van der Waals surface area contributed by atoms with E-state index in [1.165, 1.54) is 44.1 Å². The number of hydrogen-bond donors (Lipinski definition) is 3. The van der Waals surface area contributed by atoms with Crippen LogP contribution in [0.3, 0.4) is 0 Å². The molecule has 0 aromatic heterocycles. The minimum Gasteiger partial charge on any atom is -0.393 e. The molecule has 7 atom stereocenters. The maximum atomic E-state index is 10.2. The summed E-state index contributed by atoms with van der Waals surface area (Å²) in [5.74, 6) is 2.28. The maximum Gasteiger partial charge on any atom is 0.0811 e. The zero-order valence-corrected chi connectivity index (χ0v) is 18.8. The molecule has 0 bridgehead atoms. The third kappa shape index (κ3) is 4.40. The van der Waals surface area contributed by atoms with Gasteiger partial charge in [0.1, 0.15) is 0 Å². The third-order valence-electron chi connectivity index (χ3n) is 8.65. The van der Waals surface area contributed by atoms with E-state index in [1.807, 2.05) is 0 Å². The molecule has 4 aliphatic rings. The number of aliphatic hydroxyl groups is 3. The van der Waals surface area contributed by atoms with Crippen LogP contribution in [0.2, 0.25) is 0 Å². The Morgan fingerprint density at radius 3 is 2.60 bits per heavy atom. The van der Waals surface area contributed by atoms with E-state index in [9.17, 15) is 15.3 Å². The second-order valence-corrected chi connectivity index (χ2v) is 10.7. The number of rotatable bonds is 5. The van der Waals surface area contributed by atoms with E-state index in [-0.39, 0.29) is 6.10 Å². The Morgan fingerprint density at radius 1 is 1.10 bits per heavy atom. The molecule has 3 nitrogen and oxygen atoms in total. The van der Waals surface area contributed by atoms with Gasteiger partial charge < -0.3 is 15.3 Å². The highest BCUT2D eigenvalue weighted by Gasteiger charge is 2.50. The molecular weight excluding hydrogens is 372 g/mol. The lowest BCUT2D eigenvalue weighted by Crippen LogP contribution is -2.35. The number of fused-ring (bicyclic) bond motifs is 1. The fourth-order valence-electron chi connectivity index (χ4n) is 6.63. The molecule has 0 unspecified atom stereocenters. The molecule has 0 aliphatic heterocycles. The minimum absolute atomic E-state index is 0.250. The van der Waals surface area contributed by atoms with Gasteiger partial charge in [0.05, 0.1) is 18.3 Å². The lowest BCUT2D eigenvalue weighted by Gasteiger charge is -2.44. The van der Waals surface area contributed by atoms with Crippen molar-refractivity contribution in [2.75, 3.05) is 0 Å². The predicted molar refractivity (Wildman–Crippen MR) is 122 cm³/mol. The van der Waals surface area contributed by atoms with Crippen LogP contribution in [0.1, 0.15) is 71.6 Å². The van der Waals surface area contributed by atoms with Gasteiger partial charge in [-0.15, -0.1) is 0 Å². The summed E-state index contributed by atoms with van der Waals surface area (Å²) in [7, 11) is 0. The van der Waals surface area contributed by atoms with Crippen molar-refractivity contribution >= 4 is 0 Å². The molecule has 0 saturated heterocycles. The van der Waals surface area contributed by atoms with Gasteiger partial charge in [-0.1, -0.05) is 50.3 Å². The van der Waals surface area contributed by atoms with Crippen molar-refractivity contribution in [1.82, 2.24) is 0 Å². The standard InChI is InChI=1S/C27H40O3/c1-17(6-13-25(29)20-8-9-20)23-11-12-24-19(5-4-14-27(23,24)3)7-10-21-15-22(28)16-26(30)18(21)2/h6-7,10,13,17,20,22-26,28-30H,2,4-5,8-9,11-12,14-16H2,1,3H3/b13-6+,19-7+,21-10?/t17-,22+,23-,24+,25-,26-,27-/m1/s1. The van der Waals surface area contributed by atoms with Crippen LogP contribution in [0.15, 0.2) is 47.6 Å². The molecule has 4 saturated carbocycles. The smallest absolute Gasteiger partial charge is 0.0811 e. The van der Waals surface area contributed by atoms with E-state index >= 15 is 0 Å². The zero-order valence-electron chi connectivity index (χ0n) is 18.8. The van der Waals surface area contributed by atoms with Crippen LogP contribution < -0.4 is 0 Å². The van der Waals surface area contributed by atoms with Crippen molar-refractivity contribution in [2.45, 2.75) is 89.9 Å². The summed E-state index contributed by atoms with van der Waals surface area (Å²) in [6, 6.07) is 0. The predicted octanol–water partition coefficient (Wildman–Crippen LogP) is 5.09. The van der Waals surface area contributed by atoms with Crippen LogP contribution >= 0.6 is 0 Å². The first-order valence-corrected chi connectivity index (χ1v) is 12.1. The summed E-state index contributed by atoms with van der Waals surface area (Å²) in [6.07, 6.45) is 16.9. The van der Waals surface area contributed by atoms with Gasteiger partial charge in [-0.2, -0.15) is 0 Å². The van der Waals surface area contributed by atoms with Gasteiger partial charge >= 0.3 is 0 Å². The first-order chi connectivity index (χ1) is 14.3. The summed E-state index contributed by atoms with van der Waals surface area (Å²) in [5, 5.41) is 30.4. The van der Waals surface area contributed by atoms with E-state index in [4.69, 9.17) is 0 Å². The molecule has 0 radical (unpaired) electrons. The van der Waals surface area contributed by atoms with Crippen LogP contribution in [0.4, 0.5) is 0 Å². The van der Waals surface area contributed by atoms with Crippen molar-refractivity contribution < 1.29 is 15.3 Å². The van der Waals surface area contributed by atoms with E-state index in [1.54, 1.807) is 0 Å². The number of hydrogen-bond acceptors (Lipinski definition) is 3. The third-order valence-corrected chi connectivity index (χ3v) is 8.65. The quantitative estimate of drug-likeness (QED) is 0.551. The minimum atomic E-state index is -0.621. The summed E-state index contributed by atoms with van der Waals surface area (Å²) < 4.78 is 0. The Kier molecular flexibility index (Phi) is 6.44. The van der Waals surface area contributed by atoms with Gasteiger partial charge in [0, 0.05) is 6.42 Å². The Morgan fingerprint density at radius 2 is 1.87 bits per heavy atom.